The van der Waals surface area contributed by atoms with Crippen molar-refractivity contribution >= 4 is 5.97 Å². The van der Waals surface area contributed by atoms with E-state index in [1.807, 2.05) is 12.1 Å². The molecule has 1 aliphatic rings. The van der Waals surface area contributed by atoms with E-state index in [0.29, 0.717) is 11.6 Å². The second kappa shape index (κ2) is 6.86. The Morgan fingerprint density at radius 3 is 2.65 bits per heavy atom. The van der Waals surface area contributed by atoms with Gasteiger partial charge < -0.3 is 10.0 Å². The van der Waals surface area contributed by atoms with Crippen LogP contribution in [0.3, 0.4) is 0 Å². The molecular formula is C16H24N2O2. The molecule has 1 aliphatic heterocycles. The minimum absolute atomic E-state index is 0.354. The van der Waals surface area contributed by atoms with Crippen molar-refractivity contribution in [1.82, 2.24) is 9.80 Å². The van der Waals surface area contributed by atoms with Gasteiger partial charge in [-0.3, -0.25) is 4.90 Å². The predicted octanol–water partition coefficient (Wildman–Crippen LogP) is 2.30. The van der Waals surface area contributed by atoms with Crippen molar-refractivity contribution in [1.29, 1.82) is 0 Å². The number of benzene rings is 1. The lowest BCUT2D eigenvalue weighted by Crippen LogP contribution is -2.32. The number of hydrogen-bond donors (Lipinski definition) is 1. The molecule has 4 nitrogen and oxygen atoms in total. The highest BCUT2D eigenvalue weighted by molar-refractivity contribution is 5.87. The van der Waals surface area contributed by atoms with Crippen molar-refractivity contribution in [3.05, 3.63) is 35.4 Å². The van der Waals surface area contributed by atoms with Crippen molar-refractivity contribution in [2.24, 2.45) is 0 Å². The van der Waals surface area contributed by atoms with Gasteiger partial charge in [-0.05, 0) is 64.1 Å². The number of nitrogens with zero attached hydrogens (tertiary/aromatic N) is 2. The van der Waals surface area contributed by atoms with Crippen LogP contribution in [0.4, 0.5) is 0 Å². The van der Waals surface area contributed by atoms with Crippen LogP contribution in [0.5, 0.6) is 0 Å². The summed E-state index contributed by atoms with van der Waals surface area (Å²) in [6, 6.07) is 7.84. The van der Waals surface area contributed by atoms with Crippen molar-refractivity contribution in [3.63, 3.8) is 0 Å². The van der Waals surface area contributed by atoms with Gasteiger partial charge in [-0.1, -0.05) is 12.1 Å². The first-order valence-corrected chi connectivity index (χ1v) is 7.27. The van der Waals surface area contributed by atoms with Crippen LogP contribution in [0.1, 0.15) is 35.2 Å². The summed E-state index contributed by atoms with van der Waals surface area (Å²) >= 11 is 0. The first-order chi connectivity index (χ1) is 9.56. The topological polar surface area (TPSA) is 43.8 Å². The predicted molar refractivity (Wildman–Crippen MR) is 80.0 cm³/mol. The van der Waals surface area contributed by atoms with Gasteiger partial charge in [-0.25, -0.2) is 4.79 Å². The van der Waals surface area contributed by atoms with Crippen LogP contribution < -0.4 is 0 Å². The van der Waals surface area contributed by atoms with Crippen LogP contribution >= 0.6 is 0 Å². The molecule has 1 saturated heterocycles. The van der Waals surface area contributed by atoms with Crippen molar-refractivity contribution in [2.75, 3.05) is 27.2 Å². The molecule has 2 rings (SSSR count). The number of likely N-dealkylation sites (tertiary alicyclic amines) is 1. The molecule has 0 aromatic heterocycles. The normalized spacial score (nSPS) is 20.9. The van der Waals surface area contributed by atoms with Gasteiger partial charge >= 0.3 is 5.97 Å². The van der Waals surface area contributed by atoms with Crippen LogP contribution in [-0.4, -0.2) is 54.1 Å². The molecule has 0 saturated carbocycles. The molecule has 1 fully saturated rings. The van der Waals surface area contributed by atoms with Crippen LogP contribution in [0.2, 0.25) is 0 Å². The first-order valence-electron chi connectivity index (χ1n) is 7.27. The molecule has 0 bridgehead atoms. The van der Waals surface area contributed by atoms with E-state index >= 15 is 0 Å². The van der Waals surface area contributed by atoms with Gasteiger partial charge in [-0.15, -0.1) is 0 Å². The molecule has 1 aromatic rings. The lowest BCUT2D eigenvalue weighted by Gasteiger charge is -2.27. The SMILES string of the molecule is CN1CCCC(N(C)Cc2ccc(C(=O)O)cc2)CC1. The van der Waals surface area contributed by atoms with Crippen LogP contribution in [0.15, 0.2) is 24.3 Å². The fourth-order valence-electron chi connectivity index (χ4n) is 2.83. The highest BCUT2D eigenvalue weighted by Gasteiger charge is 2.18. The third kappa shape index (κ3) is 4.05. The molecular weight excluding hydrogens is 252 g/mol. The van der Waals surface area contributed by atoms with Crippen LogP contribution in [-0.2, 0) is 6.54 Å². The van der Waals surface area contributed by atoms with E-state index in [2.05, 4.69) is 23.9 Å². The van der Waals surface area contributed by atoms with E-state index in [-0.39, 0.29) is 0 Å². The highest BCUT2D eigenvalue weighted by Crippen LogP contribution is 2.17. The van der Waals surface area contributed by atoms with E-state index in [1.165, 1.54) is 31.4 Å². The zero-order valence-corrected chi connectivity index (χ0v) is 12.4. The summed E-state index contributed by atoms with van der Waals surface area (Å²) in [5.74, 6) is -0.864. The lowest BCUT2D eigenvalue weighted by molar-refractivity contribution is 0.0697. The Morgan fingerprint density at radius 1 is 1.30 bits per heavy atom. The Bertz CT molecular complexity index is 444. The molecule has 0 radical (unpaired) electrons. The fourth-order valence-corrected chi connectivity index (χ4v) is 2.83. The number of hydrogen-bond acceptors (Lipinski definition) is 3. The second-order valence-electron chi connectivity index (χ2n) is 5.81. The molecule has 110 valence electrons. The zero-order valence-electron chi connectivity index (χ0n) is 12.4. The number of carbonyl (C=O) groups is 1. The Balaban J connectivity index is 1.93. The Labute approximate surface area is 121 Å². The smallest absolute Gasteiger partial charge is 0.335 e. The van der Waals surface area contributed by atoms with Gasteiger partial charge in [0.05, 0.1) is 5.56 Å². The molecule has 1 atom stereocenters. The summed E-state index contributed by atoms with van der Waals surface area (Å²) < 4.78 is 0. The molecule has 0 aliphatic carbocycles. The van der Waals surface area contributed by atoms with E-state index in [0.717, 1.165) is 13.1 Å². The monoisotopic (exact) mass is 276 g/mol. The Morgan fingerprint density at radius 2 is 2.00 bits per heavy atom. The minimum atomic E-state index is -0.864. The second-order valence-corrected chi connectivity index (χ2v) is 5.81. The first kappa shape index (κ1) is 15.0. The van der Waals surface area contributed by atoms with Gasteiger partial charge in [0.15, 0.2) is 0 Å². The Kier molecular flexibility index (Phi) is 5.15. The van der Waals surface area contributed by atoms with E-state index in [4.69, 9.17) is 5.11 Å². The van der Waals surface area contributed by atoms with Gasteiger partial charge in [-0.2, -0.15) is 0 Å². The summed E-state index contributed by atoms with van der Waals surface area (Å²) in [4.78, 5) is 15.6. The quantitative estimate of drug-likeness (QED) is 0.916. The summed E-state index contributed by atoms with van der Waals surface area (Å²) in [6.45, 7) is 3.24. The van der Waals surface area contributed by atoms with Crippen molar-refractivity contribution in [2.45, 2.75) is 31.8 Å². The van der Waals surface area contributed by atoms with E-state index in [1.54, 1.807) is 12.1 Å². The third-order valence-electron chi connectivity index (χ3n) is 4.18. The van der Waals surface area contributed by atoms with Gasteiger partial charge in [0.25, 0.3) is 0 Å². The average Bonchev–Trinajstić information content (AvgIpc) is 2.64. The minimum Gasteiger partial charge on any atom is -0.478 e. The largest absolute Gasteiger partial charge is 0.478 e. The number of carboxylic acid groups (broad SMARTS) is 1. The highest BCUT2D eigenvalue weighted by atomic mass is 16.4. The third-order valence-corrected chi connectivity index (χ3v) is 4.18. The summed E-state index contributed by atoms with van der Waals surface area (Å²) in [5, 5.41) is 8.90. The molecule has 20 heavy (non-hydrogen) atoms. The van der Waals surface area contributed by atoms with Crippen molar-refractivity contribution < 1.29 is 9.90 Å². The maximum Gasteiger partial charge on any atom is 0.335 e. The van der Waals surface area contributed by atoms with Crippen molar-refractivity contribution in [3.8, 4) is 0 Å². The van der Waals surface area contributed by atoms with Crippen LogP contribution in [0.25, 0.3) is 0 Å². The molecule has 1 unspecified atom stereocenters. The molecule has 0 spiro atoms. The maximum absolute atomic E-state index is 10.8. The molecule has 1 N–H and O–H groups in total. The number of carboxylic acids is 1. The molecule has 4 heteroatoms. The van der Waals surface area contributed by atoms with Crippen LogP contribution in [0, 0.1) is 0 Å². The van der Waals surface area contributed by atoms with E-state index in [9.17, 15) is 4.79 Å². The fraction of sp³-hybridized carbons (Fsp3) is 0.562. The maximum atomic E-state index is 10.8. The summed E-state index contributed by atoms with van der Waals surface area (Å²) in [6.07, 6.45) is 3.71. The van der Waals surface area contributed by atoms with Gasteiger partial charge in [0.1, 0.15) is 0 Å². The lowest BCUT2D eigenvalue weighted by atomic mass is 10.1. The molecule has 1 heterocycles. The summed E-state index contributed by atoms with van der Waals surface area (Å²) in [5.41, 5.74) is 1.53. The average molecular weight is 276 g/mol. The number of aromatic carboxylic acids is 1. The Hall–Kier alpha value is -1.39. The molecule has 1 aromatic carbocycles. The van der Waals surface area contributed by atoms with Gasteiger partial charge in [0, 0.05) is 12.6 Å². The van der Waals surface area contributed by atoms with E-state index < -0.39 is 5.97 Å². The number of rotatable bonds is 4. The van der Waals surface area contributed by atoms with Gasteiger partial charge in [0.2, 0.25) is 0 Å². The standard InChI is InChI=1S/C16H24N2O2/c1-17-10-3-4-15(9-11-17)18(2)12-13-5-7-14(8-6-13)16(19)20/h5-8,15H,3-4,9-12H2,1-2H3,(H,19,20). The zero-order chi connectivity index (χ0) is 14.5. The molecule has 0 amide bonds. The summed E-state index contributed by atoms with van der Waals surface area (Å²) in [7, 11) is 4.36.